The molecule has 1 saturated carbocycles. The van der Waals surface area contributed by atoms with Crippen molar-refractivity contribution in [2.45, 2.75) is 65.4 Å². The lowest BCUT2D eigenvalue weighted by molar-refractivity contribution is -0.145. The third-order valence-electron chi connectivity index (χ3n) is 7.28. The van der Waals surface area contributed by atoms with Crippen LogP contribution in [0.1, 0.15) is 59.3 Å². The molecule has 6 atom stereocenters. The number of allylic oxidation sites excluding steroid dienone is 1. The zero-order valence-electron chi connectivity index (χ0n) is 15.6. The van der Waals surface area contributed by atoms with E-state index in [-0.39, 0.29) is 23.4 Å². The number of likely N-dealkylation sites (tertiary alicyclic amines) is 1. The van der Waals surface area contributed by atoms with Crippen LogP contribution in [0, 0.1) is 29.1 Å². The Morgan fingerprint density at radius 2 is 2.12 bits per heavy atom. The highest BCUT2D eigenvalue weighted by molar-refractivity contribution is 5.76. The fourth-order valence-corrected chi connectivity index (χ4v) is 5.99. The number of hydrogen-bond acceptors (Lipinski definition) is 3. The summed E-state index contributed by atoms with van der Waals surface area (Å²) in [5, 5.41) is 0. The number of carbonyl (C=O) groups excluding carboxylic acids is 1. The SMILES string of the molecule is C[C@H]1CCCN(C[C@@H]2C(=O)O[C@H]3C[C@]4(C)CCC[C@@H](C)C4=C[C@@H]32)C1. The predicted molar refractivity (Wildman–Crippen MR) is 95.5 cm³/mol. The average Bonchev–Trinajstić information content (AvgIpc) is 2.80. The number of carbonyl (C=O) groups is 1. The monoisotopic (exact) mass is 331 g/mol. The molecule has 0 radical (unpaired) electrons. The van der Waals surface area contributed by atoms with E-state index in [1.54, 1.807) is 5.57 Å². The molecular formula is C21H33NO2. The maximum absolute atomic E-state index is 12.6. The van der Waals surface area contributed by atoms with Crippen molar-refractivity contribution >= 4 is 5.97 Å². The van der Waals surface area contributed by atoms with Crippen molar-refractivity contribution < 1.29 is 9.53 Å². The summed E-state index contributed by atoms with van der Waals surface area (Å²) in [6.45, 7) is 10.3. The zero-order chi connectivity index (χ0) is 16.9. The van der Waals surface area contributed by atoms with Gasteiger partial charge in [0.25, 0.3) is 0 Å². The van der Waals surface area contributed by atoms with Gasteiger partial charge in [-0.3, -0.25) is 4.79 Å². The van der Waals surface area contributed by atoms with Crippen LogP contribution in [0.4, 0.5) is 0 Å². The van der Waals surface area contributed by atoms with Crippen LogP contribution >= 0.6 is 0 Å². The molecule has 134 valence electrons. The van der Waals surface area contributed by atoms with Crippen molar-refractivity contribution in [3.63, 3.8) is 0 Å². The third kappa shape index (κ3) is 2.83. The van der Waals surface area contributed by atoms with Crippen molar-refractivity contribution in [2.75, 3.05) is 19.6 Å². The summed E-state index contributed by atoms with van der Waals surface area (Å²) in [5.74, 6) is 1.88. The third-order valence-corrected chi connectivity index (χ3v) is 7.28. The maximum atomic E-state index is 12.6. The van der Waals surface area contributed by atoms with Crippen LogP contribution in [0.5, 0.6) is 0 Å². The van der Waals surface area contributed by atoms with Gasteiger partial charge in [-0.1, -0.05) is 38.8 Å². The predicted octanol–water partition coefficient (Wildman–Crippen LogP) is 4.03. The van der Waals surface area contributed by atoms with Gasteiger partial charge in [-0.15, -0.1) is 0 Å². The lowest BCUT2D eigenvalue weighted by atomic mass is 9.59. The van der Waals surface area contributed by atoms with E-state index in [1.165, 1.54) is 32.1 Å². The minimum absolute atomic E-state index is 0.0616. The summed E-state index contributed by atoms with van der Waals surface area (Å²) in [7, 11) is 0. The Bertz CT molecular complexity index is 542. The molecule has 0 bridgehead atoms. The highest BCUT2D eigenvalue weighted by Crippen LogP contribution is 2.54. The first-order valence-electron chi connectivity index (χ1n) is 10.1. The Morgan fingerprint density at radius 3 is 2.92 bits per heavy atom. The summed E-state index contributed by atoms with van der Waals surface area (Å²) in [5.41, 5.74) is 1.90. The van der Waals surface area contributed by atoms with Gasteiger partial charge >= 0.3 is 5.97 Å². The Morgan fingerprint density at radius 1 is 1.29 bits per heavy atom. The van der Waals surface area contributed by atoms with Crippen molar-refractivity contribution in [3.05, 3.63) is 11.6 Å². The molecule has 0 N–H and O–H groups in total. The maximum Gasteiger partial charge on any atom is 0.311 e. The average molecular weight is 332 g/mol. The molecule has 0 aromatic rings. The molecule has 0 spiro atoms. The molecule has 3 nitrogen and oxygen atoms in total. The summed E-state index contributed by atoms with van der Waals surface area (Å²) < 4.78 is 5.89. The summed E-state index contributed by atoms with van der Waals surface area (Å²) in [6, 6.07) is 0. The zero-order valence-corrected chi connectivity index (χ0v) is 15.6. The van der Waals surface area contributed by atoms with Crippen molar-refractivity contribution in [2.24, 2.45) is 29.1 Å². The molecule has 2 heterocycles. The number of piperidine rings is 1. The van der Waals surface area contributed by atoms with Gasteiger partial charge in [0.2, 0.25) is 0 Å². The van der Waals surface area contributed by atoms with Crippen molar-refractivity contribution in [3.8, 4) is 0 Å². The van der Waals surface area contributed by atoms with Crippen molar-refractivity contribution in [1.29, 1.82) is 0 Å². The van der Waals surface area contributed by atoms with Crippen LogP contribution in [0.3, 0.4) is 0 Å². The highest BCUT2D eigenvalue weighted by atomic mass is 16.6. The fourth-order valence-electron chi connectivity index (χ4n) is 5.99. The number of ether oxygens (including phenoxy) is 1. The molecule has 2 aliphatic heterocycles. The summed E-state index contributed by atoms with van der Waals surface area (Å²) >= 11 is 0. The van der Waals surface area contributed by atoms with Gasteiger partial charge < -0.3 is 9.64 Å². The van der Waals surface area contributed by atoms with E-state index in [9.17, 15) is 4.79 Å². The quantitative estimate of drug-likeness (QED) is 0.565. The molecule has 2 aliphatic carbocycles. The molecule has 4 aliphatic rings. The van der Waals surface area contributed by atoms with Crippen LogP contribution in [0.15, 0.2) is 11.6 Å². The second-order valence-corrected chi connectivity index (χ2v) is 9.35. The van der Waals surface area contributed by atoms with Gasteiger partial charge in [0.15, 0.2) is 0 Å². The van der Waals surface area contributed by atoms with Gasteiger partial charge in [0.1, 0.15) is 6.10 Å². The Kier molecular flexibility index (Phi) is 4.27. The van der Waals surface area contributed by atoms with Crippen LogP contribution in [-0.2, 0) is 9.53 Å². The lowest BCUT2D eigenvalue weighted by Crippen LogP contribution is -2.42. The molecule has 0 aromatic carbocycles. The largest absolute Gasteiger partial charge is 0.461 e. The van der Waals surface area contributed by atoms with Crippen molar-refractivity contribution in [1.82, 2.24) is 4.90 Å². The molecule has 2 saturated heterocycles. The van der Waals surface area contributed by atoms with Crippen LogP contribution in [0.25, 0.3) is 0 Å². The van der Waals surface area contributed by atoms with Crippen LogP contribution < -0.4 is 0 Å². The topological polar surface area (TPSA) is 29.5 Å². The molecule has 3 fully saturated rings. The van der Waals surface area contributed by atoms with Gasteiger partial charge in [-0.2, -0.15) is 0 Å². The first-order valence-corrected chi connectivity index (χ1v) is 10.1. The van der Waals surface area contributed by atoms with Gasteiger partial charge in [-0.25, -0.2) is 0 Å². The standard InChI is InChI=1S/C21H33NO2/c1-14-6-5-9-22(12-14)13-17-16-10-18-15(2)7-4-8-21(18,3)11-19(16)24-20(17)23/h10,14-17,19H,4-9,11-13H2,1-3H3/t14-,15+,16+,17-,19-,21-/m0/s1. The van der Waals surface area contributed by atoms with E-state index in [4.69, 9.17) is 4.74 Å². The van der Waals surface area contributed by atoms with Crippen LogP contribution in [-0.4, -0.2) is 36.6 Å². The van der Waals surface area contributed by atoms with E-state index in [0.29, 0.717) is 11.8 Å². The lowest BCUT2D eigenvalue weighted by Gasteiger charge is -2.46. The molecule has 0 unspecified atom stereocenters. The molecule has 24 heavy (non-hydrogen) atoms. The fraction of sp³-hybridized carbons (Fsp3) is 0.857. The Hall–Kier alpha value is -0.830. The molecule has 3 heteroatoms. The minimum atomic E-state index is 0.0616. The summed E-state index contributed by atoms with van der Waals surface area (Å²) in [4.78, 5) is 15.1. The van der Waals surface area contributed by atoms with Gasteiger partial charge in [-0.05, 0) is 55.9 Å². The minimum Gasteiger partial charge on any atom is -0.461 e. The second kappa shape index (κ2) is 6.16. The molecule has 4 rings (SSSR count). The molecule has 0 aromatic heterocycles. The number of esters is 1. The van der Waals surface area contributed by atoms with Gasteiger partial charge in [0, 0.05) is 19.0 Å². The first-order chi connectivity index (χ1) is 11.5. The smallest absolute Gasteiger partial charge is 0.311 e. The number of nitrogens with zero attached hydrogens (tertiary/aromatic N) is 1. The van der Waals surface area contributed by atoms with Gasteiger partial charge in [0.05, 0.1) is 5.92 Å². The summed E-state index contributed by atoms with van der Waals surface area (Å²) in [6.07, 6.45) is 10.2. The number of hydrogen-bond donors (Lipinski definition) is 0. The Labute approximate surface area is 146 Å². The normalized spacial score (nSPS) is 46.0. The number of fused-ring (bicyclic) bond motifs is 2. The van der Waals surface area contributed by atoms with E-state index >= 15 is 0 Å². The van der Waals surface area contributed by atoms with E-state index < -0.39 is 0 Å². The number of rotatable bonds is 2. The molecular weight excluding hydrogens is 298 g/mol. The Balaban J connectivity index is 1.55. The van der Waals surface area contributed by atoms with Crippen LogP contribution in [0.2, 0.25) is 0 Å². The second-order valence-electron chi connectivity index (χ2n) is 9.35. The highest BCUT2D eigenvalue weighted by Gasteiger charge is 2.51. The first kappa shape index (κ1) is 16.6. The van der Waals surface area contributed by atoms with E-state index in [2.05, 4.69) is 31.7 Å². The van der Waals surface area contributed by atoms with E-state index in [0.717, 1.165) is 32.0 Å². The van der Waals surface area contributed by atoms with E-state index in [1.807, 2.05) is 0 Å². The molecule has 0 amide bonds.